The average molecular weight is 216 g/mol. The van der Waals surface area contributed by atoms with E-state index in [1.807, 2.05) is 43.3 Å². The van der Waals surface area contributed by atoms with Gasteiger partial charge in [-0.25, -0.2) is 0 Å². The molecule has 0 heterocycles. The third-order valence-corrected chi connectivity index (χ3v) is 2.77. The fraction of sp³-hybridized carbons (Fsp3) is 0.308. The second-order valence-corrected chi connectivity index (χ2v) is 4.25. The third-order valence-electron chi connectivity index (χ3n) is 2.77. The second kappa shape index (κ2) is 4.49. The minimum absolute atomic E-state index is 0.0213. The molecule has 3 heteroatoms. The van der Waals surface area contributed by atoms with Crippen molar-refractivity contribution >= 4 is 11.6 Å². The van der Waals surface area contributed by atoms with E-state index in [9.17, 15) is 4.79 Å². The predicted octanol–water partition coefficient (Wildman–Crippen LogP) is 1.84. The van der Waals surface area contributed by atoms with E-state index in [4.69, 9.17) is 5.73 Å². The lowest BCUT2D eigenvalue weighted by Gasteiger charge is -2.10. The molecular weight excluding hydrogens is 200 g/mol. The quantitative estimate of drug-likeness (QED) is 0.741. The fourth-order valence-electron chi connectivity index (χ4n) is 1.79. The maximum absolute atomic E-state index is 11.8. The topological polar surface area (TPSA) is 55.1 Å². The van der Waals surface area contributed by atoms with E-state index < -0.39 is 0 Å². The number of hydrogen-bond acceptors (Lipinski definition) is 2. The van der Waals surface area contributed by atoms with Crippen LogP contribution >= 0.6 is 0 Å². The monoisotopic (exact) mass is 216 g/mol. The van der Waals surface area contributed by atoms with E-state index in [0.717, 1.165) is 5.69 Å². The van der Waals surface area contributed by atoms with Crippen molar-refractivity contribution in [3.05, 3.63) is 42.0 Å². The van der Waals surface area contributed by atoms with Crippen LogP contribution in [0.5, 0.6) is 0 Å². The summed E-state index contributed by atoms with van der Waals surface area (Å²) < 4.78 is 0. The van der Waals surface area contributed by atoms with Gasteiger partial charge >= 0.3 is 0 Å². The summed E-state index contributed by atoms with van der Waals surface area (Å²) in [4.78, 5) is 11.8. The normalized spacial score (nSPS) is 23.4. The fourth-order valence-corrected chi connectivity index (χ4v) is 1.79. The van der Waals surface area contributed by atoms with Crippen molar-refractivity contribution in [2.45, 2.75) is 19.4 Å². The zero-order valence-corrected chi connectivity index (χ0v) is 9.31. The molecule has 84 valence electrons. The Morgan fingerprint density at radius 2 is 2.00 bits per heavy atom. The van der Waals surface area contributed by atoms with Crippen LogP contribution in [0.15, 0.2) is 36.4 Å². The summed E-state index contributed by atoms with van der Waals surface area (Å²) in [6.07, 6.45) is 4.48. The molecule has 0 radical (unpaired) electrons. The van der Waals surface area contributed by atoms with Crippen molar-refractivity contribution < 1.29 is 4.79 Å². The molecule has 16 heavy (non-hydrogen) atoms. The molecule has 1 aromatic carbocycles. The molecular formula is C13H16N2O. The van der Waals surface area contributed by atoms with Crippen LogP contribution in [0.4, 0.5) is 5.69 Å². The summed E-state index contributed by atoms with van der Waals surface area (Å²) in [7, 11) is 0. The number of rotatable bonds is 2. The van der Waals surface area contributed by atoms with Gasteiger partial charge in [0, 0.05) is 11.7 Å². The van der Waals surface area contributed by atoms with Crippen molar-refractivity contribution in [2.24, 2.45) is 11.7 Å². The Morgan fingerprint density at radius 1 is 1.31 bits per heavy atom. The highest BCUT2D eigenvalue weighted by molar-refractivity contribution is 5.94. The van der Waals surface area contributed by atoms with Gasteiger partial charge in [-0.3, -0.25) is 4.79 Å². The van der Waals surface area contributed by atoms with Crippen molar-refractivity contribution in [1.82, 2.24) is 0 Å². The SMILES string of the molecule is Cc1ccc(NC(=O)C2C=CC(N)C2)cc1. The zero-order valence-electron chi connectivity index (χ0n) is 9.31. The second-order valence-electron chi connectivity index (χ2n) is 4.25. The van der Waals surface area contributed by atoms with Crippen molar-refractivity contribution in [1.29, 1.82) is 0 Å². The van der Waals surface area contributed by atoms with Crippen LogP contribution in [0.3, 0.4) is 0 Å². The first-order valence-corrected chi connectivity index (χ1v) is 5.46. The van der Waals surface area contributed by atoms with E-state index >= 15 is 0 Å². The standard InChI is InChI=1S/C13H16N2O/c1-9-2-6-12(7-3-9)15-13(16)10-4-5-11(14)8-10/h2-7,10-11H,8,14H2,1H3,(H,15,16). The summed E-state index contributed by atoms with van der Waals surface area (Å²) in [5.74, 6) is -0.0654. The molecule has 0 spiro atoms. The van der Waals surface area contributed by atoms with Gasteiger partial charge in [0.25, 0.3) is 0 Å². The highest BCUT2D eigenvalue weighted by atomic mass is 16.1. The molecule has 2 unspecified atom stereocenters. The lowest BCUT2D eigenvalue weighted by Crippen LogP contribution is -2.23. The summed E-state index contributed by atoms with van der Waals surface area (Å²) in [5.41, 5.74) is 7.73. The average Bonchev–Trinajstić information content (AvgIpc) is 2.68. The maximum Gasteiger partial charge on any atom is 0.231 e. The first kappa shape index (κ1) is 10.9. The number of carbonyl (C=O) groups is 1. The zero-order chi connectivity index (χ0) is 11.5. The maximum atomic E-state index is 11.8. The molecule has 3 nitrogen and oxygen atoms in total. The summed E-state index contributed by atoms with van der Waals surface area (Å²) in [5, 5.41) is 2.89. The number of carbonyl (C=O) groups excluding carboxylic acids is 1. The number of nitrogens with two attached hydrogens (primary N) is 1. The van der Waals surface area contributed by atoms with Crippen LogP contribution in [0, 0.1) is 12.8 Å². The van der Waals surface area contributed by atoms with Gasteiger partial charge in [0.2, 0.25) is 5.91 Å². The third kappa shape index (κ3) is 2.49. The predicted molar refractivity (Wildman–Crippen MR) is 65.0 cm³/mol. The number of hydrogen-bond donors (Lipinski definition) is 2. The van der Waals surface area contributed by atoms with Gasteiger partial charge in [0.15, 0.2) is 0 Å². The molecule has 0 aromatic heterocycles. The Hall–Kier alpha value is -1.61. The smallest absolute Gasteiger partial charge is 0.231 e. The Labute approximate surface area is 95.3 Å². The number of anilines is 1. The molecule has 0 saturated carbocycles. The van der Waals surface area contributed by atoms with Crippen LogP contribution in [-0.2, 0) is 4.79 Å². The largest absolute Gasteiger partial charge is 0.326 e. The van der Waals surface area contributed by atoms with E-state index in [2.05, 4.69) is 5.32 Å². The molecule has 1 aliphatic carbocycles. The van der Waals surface area contributed by atoms with Gasteiger partial charge in [-0.1, -0.05) is 29.8 Å². The summed E-state index contributed by atoms with van der Waals surface area (Å²) >= 11 is 0. The molecule has 0 bridgehead atoms. The van der Waals surface area contributed by atoms with E-state index in [1.165, 1.54) is 5.56 Å². The highest BCUT2D eigenvalue weighted by Gasteiger charge is 2.22. The first-order valence-electron chi connectivity index (χ1n) is 5.46. The van der Waals surface area contributed by atoms with Crippen molar-refractivity contribution in [3.8, 4) is 0 Å². The van der Waals surface area contributed by atoms with Crippen LogP contribution in [-0.4, -0.2) is 11.9 Å². The minimum Gasteiger partial charge on any atom is -0.326 e. The van der Waals surface area contributed by atoms with Gasteiger partial charge < -0.3 is 11.1 Å². The molecule has 3 N–H and O–H groups in total. The van der Waals surface area contributed by atoms with Crippen molar-refractivity contribution in [3.63, 3.8) is 0 Å². The lowest BCUT2D eigenvalue weighted by atomic mass is 10.1. The van der Waals surface area contributed by atoms with Crippen LogP contribution in [0.25, 0.3) is 0 Å². The van der Waals surface area contributed by atoms with E-state index in [-0.39, 0.29) is 17.9 Å². The van der Waals surface area contributed by atoms with E-state index in [1.54, 1.807) is 0 Å². The Kier molecular flexibility index (Phi) is 3.06. The highest BCUT2D eigenvalue weighted by Crippen LogP contribution is 2.18. The number of aryl methyl sites for hydroxylation is 1. The summed E-state index contributed by atoms with van der Waals surface area (Å²) in [6, 6.07) is 7.80. The van der Waals surface area contributed by atoms with Crippen molar-refractivity contribution in [2.75, 3.05) is 5.32 Å². The molecule has 1 amide bonds. The molecule has 0 fully saturated rings. The Balaban J connectivity index is 1.97. The molecule has 1 aliphatic rings. The molecule has 2 rings (SSSR count). The van der Waals surface area contributed by atoms with Gasteiger partial charge in [-0.2, -0.15) is 0 Å². The molecule has 0 aliphatic heterocycles. The lowest BCUT2D eigenvalue weighted by molar-refractivity contribution is -0.118. The number of benzene rings is 1. The first-order chi connectivity index (χ1) is 7.65. The molecule has 2 atom stereocenters. The summed E-state index contributed by atoms with van der Waals surface area (Å²) in [6.45, 7) is 2.02. The number of nitrogens with one attached hydrogen (secondary N) is 1. The van der Waals surface area contributed by atoms with Crippen LogP contribution in [0.1, 0.15) is 12.0 Å². The van der Waals surface area contributed by atoms with Gasteiger partial charge in [-0.15, -0.1) is 0 Å². The van der Waals surface area contributed by atoms with Gasteiger partial charge in [0.1, 0.15) is 0 Å². The van der Waals surface area contributed by atoms with Gasteiger partial charge in [0.05, 0.1) is 5.92 Å². The van der Waals surface area contributed by atoms with Crippen LogP contribution in [0.2, 0.25) is 0 Å². The molecule has 1 aromatic rings. The van der Waals surface area contributed by atoms with E-state index in [0.29, 0.717) is 6.42 Å². The Morgan fingerprint density at radius 3 is 2.56 bits per heavy atom. The molecule has 0 saturated heterocycles. The van der Waals surface area contributed by atoms with Crippen LogP contribution < -0.4 is 11.1 Å². The Bertz CT molecular complexity index is 408. The van der Waals surface area contributed by atoms with Gasteiger partial charge in [-0.05, 0) is 25.5 Å². The number of amides is 1. The minimum atomic E-state index is -0.0868.